The molecule has 11 heavy (non-hydrogen) atoms. The van der Waals surface area contributed by atoms with Crippen molar-refractivity contribution in [2.45, 2.75) is 26.7 Å². The van der Waals surface area contributed by atoms with E-state index in [0.29, 0.717) is 11.5 Å². The predicted molar refractivity (Wildman–Crippen MR) is 40.2 cm³/mol. The van der Waals surface area contributed by atoms with Gasteiger partial charge in [-0.05, 0) is 25.2 Å². The van der Waals surface area contributed by atoms with E-state index in [1.807, 2.05) is 6.92 Å². The third kappa shape index (κ3) is 2.28. The Labute approximate surface area is 64.5 Å². The fraction of sp³-hybridized carbons (Fsp3) is 0.714. The van der Waals surface area contributed by atoms with Crippen LogP contribution in [0.3, 0.4) is 0 Å². The van der Waals surface area contributed by atoms with Crippen LogP contribution in [0.4, 0.5) is 12.9 Å². The first-order valence-electron chi connectivity index (χ1n) is 3.73. The summed E-state index contributed by atoms with van der Waals surface area (Å²) in [7, 11) is 0. The molecule has 0 radical (unpaired) electrons. The Morgan fingerprint density at radius 1 is 1.36 bits per heavy atom. The first kappa shape index (κ1) is 8.69. The molecule has 1 aliphatic carbocycles. The van der Waals surface area contributed by atoms with Gasteiger partial charge in [0.25, 0.3) is 0 Å². The first-order chi connectivity index (χ1) is 4.83. The van der Waals surface area contributed by atoms with Gasteiger partial charge in [0.1, 0.15) is 0 Å². The molecular formula is C7H11BF3-. The van der Waals surface area contributed by atoms with Crippen LogP contribution in [-0.4, -0.2) is 6.98 Å². The van der Waals surface area contributed by atoms with E-state index in [0.717, 1.165) is 12.8 Å². The fourth-order valence-corrected chi connectivity index (χ4v) is 1.07. The van der Waals surface area contributed by atoms with Gasteiger partial charge in [-0.1, -0.05) is 6.92 Å². The standard InChI is InChI=1S/C7H11BF3/c1-6(5-8(9,10)11)7(2)3-4-7/h5H,3-4H2,1-2H3/q-1/b6-5+. The molecule has 0 heterocycles. The Morgan fingerprint density at radius 2 is 1.82 bits per heavy atom. The summed E-state index contributed by atoms with van der Waals surface area (Å²) in [6, 6.07) is 0. The fourth-order valence-electron chi connectivity index (χ4n) is 1.07. The van der Waals surface area contributed by atoms with Crippen molar-refractivity contribution in [3.05, 3.63) is 11.5 Å². The van der Waals surface area contributed by atoms with Crippen LogP contribution in [0.5, 0.6) is 0 Å². The lowest BCUT2D eigenvalue weighted by Gasteiger charge is -2.14. The maximum Gasteiger partial charge on any atom is 0.502 e. The second-order valence-electron chi connectivity index (χ2n) is 3.54. The Bertz CT molecular complexity index is 188. The van der Waals surface area contributed by atoms with Gasteiger partial charge in [0.15, 0.2) is 0 Å². The van der Waals surface area contributed by atoms with E-state index in [1.165, 1.54) is 0 Å². The molecule has 0 nitrogen and oxygen atoms in total. The maximum absolute atomic E-state index is 11.9. The van der Waals surface area contributed by atoms with Crippen molar-refractivity contribution in [2.75, 3.05) is 0 Å². The summed E-state index contributed by atoms with van der Waals surface area (Å²) in [5, 5.41) is 0. The third-order valence-electron chi connectivity index (χ3n) is 2.39. The van der Waals surface area contributed by atoms with Gasteiger partial charge in [-0.15, -0.1) is 11.5 Å². The molecule has 0 atom stereocenters. The maximum atomic E-state index is 11.9. The van der Waals surface area contributed by atoms with Crippen molar-refractivity contribution in [3.8, 4) is 0 Å². The molecule has 1 saturated carbocycles. The van der Waals surface area contributed by atoms with Crippen LogP contribution in [0.1, 0.15) is 26.7 Å². The highest BCUT2D eigenvalue weighted by Gasteiger charge is 2.39. The minimum absolute atomic E-state index is 0.128. The lowest BCUT2D eigenvalue weighted by molar-refractivity contribution is 0.495. The molecule has 0 saturated heterocycles. The number of hydrogen-bond acceptors (Lipinski definition) is 0. The SMILES string of the molecule is C/C(=C\[B-](F)(F)F)C1(C)CC1. The number of halogens is 3. The summed E-state index contributed by atoms with van der Waals surface area (Å²) in [6.07, 6.45) is 1.81. The summed E-state index contributed by atoms with van der Waals surface area (Å²) < 4.78 is 35.6. The zero-order chi connectivity index (χ0) is 8.70. The van der Waals surface area contributed by atoms with E-state index in [4.69, 9.17) is 0 Å². The van der Waals surface area contributed by atoms with E-state index in [1.54, 1.807) is 6.92 Å². The van der Waals surface area contributed by atoms with Gasteiger partial charge in [0, 0.05) is 0 Å². The second-order valence-corrected chi connectivity index (χ2v) is 3.54. The van der Waals surface area contributed by atoms with Crippen molar-refractivity contribution in [1.82, 2.24) is 0 Å². The Hall–Kier alpha value is -0.405. The molecule has 0 aliphatic heterocycles. The largest absolute Gasteiger partial charge is 0.502 e. The topological polar surface area (TPSA) is 0 Å². The number of allylic oxidation sites excluding steroid dienone is 1. The Kier molecular flexibility index (Phi) is 1.81. The third-order valence-corrected chi connectivity index (χ3v) is 2.39. The average molecular weight is 163 g/mol. The van der Waals surface area contributed by atoms with Crippen molar-refractivity contribution in [3.63, 3.8) is 0 Å². The summed E-state index contributed by atoms with van der Waals surface area (Å²) in [6.45, 7) is -1.28. The van der Waals surface area contributed by atoms with Gasteiger partial charge >= 0.3 is 6.98 Å². The molecule has 1 aliphatic rings. The summed E-state index contributed by atoms with van der Waals surface area (Å²) in [5.74, 6) is 0.479. The summed E-state index contributed by atoms with van der Waals surface area (Å²) >= 11 is 0. The molecular weight excluding hydrogens is 152 g/mol. The summed E-state index contributed by atoms with van der Waals surface area (Å²) in [5.41, 5.74) is 0.363. The van der Waals surface area contributed by atoms with Crippen LogP contribution < -0.4 is 0 Å². The van der Waals surface area contributed by atoms with Crippen LogP contribution in [0, 0.1) is 5.41 Å². The van der Waals surface area contributed by atoms with Gasteiger partial charge < -0.3 is 12.9 Å². The van der Waals surface area contributed by atoms with Crippen LogP contribution in [0.25, 0.3) is 0 Å². The van der Waals surface area contributed by atoms with Crippen molar-refractivity contribution < 1.29 is 12.9 Å². The quantitative estimate of drug-likeness (QED) is 0.548. The zero-order valence-electron chi connectivity index (χ0n) is 6.70. The second kappa shape index (κ2) is 2.29. The number of hydrogen-bond donors (Lipinski definition) is 0. The van der Waals surface area contributed by atoms with Gasteiger partial charge in [0.05, 0.1) is 0 Å². The van der Waals surface area contributed by atoms with E-state index in [2.05, 4.69) is 0 Å². The molecule has 1 fully saturated rings. The van der Waals surface area contributed by atoms with Crippen molar-refractivity contribution in [2.24, 2.45) is 5.41 Å². The van der Waals surface area contributed by atoms with E-state index < -0.39 is 6.98 Å². The molecule has 0 unspecified atom stereocenters. The van der Waals surface area contributed by atoms with E-state index in [9.17, 15) is 12.9 Å². The lowest BCUT2D eigenvalue weighted by atomic mass is 9.84. The summed E-state index contributed by atoms with van der Waals surface area (Å²) in [4.78, 5) is 0. The normalized spacial score (nSPS) is 23.5. The van der Waals surface area contributed by atoms with E-state index in [-0.39, 0.29) is 5.41 Å². The van der Waals surface area contributed by atoms with E-state index >= 15 is 0 Å². The molecule has 0 bridgehead atoms. The predicted octanol–water partition coefficient (Wildman–Crippen LogP) is 3.12. The molecule has 0 N–H and O–H groups in total. The van der Waals surface area contributed by atoms with Crippen LogP contribution in [0.2, 0.25) is 0 Å². The molecule has 0 aromatic heterocycles. The minimum Gasteiger partial charge on any atom is -0.445 e. The smallest absolute Gasteiger partial charge is 0.445 e. The molecule has 1 rings (SSSR count). The Morgan fingerprint density at radius 3 is 2.09 bits per heavy atom. The molecule has 0 spiro atoms. The molecule has 4 heteroatoms. The van der Waals surface area contributed by atoms with Gasteiger partial charge in [-0.2, -0.15) is 0 Å². The van der Waals surface area contributed by atoms with Crippen LogP contribution >= 0.6 is 0 Å². The van der Waals surface area contributed by atoms with Gasteiger partial charge in [0.2, 0.25) is 0 Å². The number of rotatable bonds is 2. The highest BCUT2D eigenvalue weighted by atomic mass is 19.4. The Balaban J connectivity index is 2.67. The van der Waals surface area contributed by atoms with Crippen LogP contribution in [-0.2, 0) is 0 Å². The van der Waals surface area contributed by atoms with Gasteiger partial charge in [-0.3, -0.25) is 0 Å². The van der Waals surface area contributed by atoms with Crippen molar-refractivity contribution >= 4 is 6.98 Å². The highest BCUT2D eigenvalue weighted by Crippen LogP contribution is 2.51. The van der Waals surface area contributed by atoms with Crippen molar-refractivity contribution in [1.29, 1.82) is 0 Å². The molecule has 0 aromatic rings. The minimum atomic E-state index is -4.73. The first-order valence-corrected chi connectivity index (χ1v) is 3.73. The van der Waals surface area contributed by atoms with Crippen LogP contribution in [0.15, 0.2) is 11.5 Å². The molecule has 64 valence electrons. The monoisotopic (exact) mass is 163 g/mol. The zero-order valence-corrected chi connectivity index (χ0v) is 6.70. The average Bonchev–Trinajstić information content (AvgIpc) is 2.44. The molecule has 0 aromatic carbocycles. The lowest BCUT2D eigenvalue weighted by Crippen LogP contribution is -2.13. The van der Waals surface area contributed by atoms with Gasteiger partial charge in [-0.25, -0.2) is 0 Å². The highest BCUT2D eigenvalue weighted by molar-refractivity contribution is 6.64. The molecule has 0 amide bonds.